The van der Waals surface area contributed by atoms with Crippen molar-refractivity contribution in [2.45, 2.75) is 13.0 Å². The van der Waals surface area contributed by atoms with Crippen molar-refractivity contribution in [2.24, 2.45) is 0 Å². The van der Waals surface area contributed by atoms with Gasteiger partial charge in [-0.1, -0.05) is 42.5 Å². The highest BCUT2D eigenvalue weighted by atomic mass is 32.1. The van der Waals surface area contributed by atoms with Crippen molar-refractivity contribution < 1.29 is 14.2 Å². The van der Waals surface area contributed by atoms with Crippen molar-refractivity contribution in [3.05, 3.63) is 71.4 Å². The molecular formula is C26H27N3O3S. The van der Waals surface area contributed by atoms with Crippen LogP contribution in [0.5, 0.6) is 11.6 Å². The largest absolute Gasteiger partial charge is 0.438 e. The third-order valence-electron chi connectivity index (χ3n) is 5.73. The molecular weight excluding hydrogens is 434 g/mol. The van der Waals surface area contributed by atoms with Crippen LogP contribution in [0, 0.1) is 0 Å². The van der Waals surface area contributed by atoms with Gasteiger partial charge in [0.2, 0.25) is 5.88 Å². The van der Waals surface area contributed by atoms with Crippen molar-refractivity contribution in [1.29, 1.82) is 0 Å². The fourth-order valence-electron chi connectivity index (χ4n) is 3.94. The maximum Gasteiger partial charge on any atom is 0.232 e. The molecule has 0 radical (unpaired) electrons. The Kier molecular flexibility index (Phi) is 6.92. The van der Waals surface area contributed by atoms with Crippen LogP contribution in [0.1, 0.15) is 11.4 Å². The number of benzene rings is 2. The van der Waals surface area contributed by atoms with Crippen LogP contribution in [0.3, 0.4) is 0 Å². The number of nitrogens with zero attached hydrogens (tertiary/aromatic N) is 3. The third kappa shape index (κ3) is 5.23. The monoisotopic (exact) mass is 461 g/mol. The summed E-state index contributed by atoms with van der Waals surface area (Å²) >= 11 is 1.63. The number of hydrogen-bond donors (Lipinski definition) is 0. The molecule has 1 aliphatic rings. The van der Waals surface area contributed by atoms with Gasteiger partial charge in [0.1, 0.15) is 16.4 Å². The molecule has 1 saturated heterocycles. The Labute approximate surface area is 197 Å². The quantitative estimate of drug-likeness (QED) is 0.361. The number of morpholine rings is 1. The first-order valence-corrected chi connectivity index (χ1v) is 12.1. The van der Waals surface area contributed by atoms with Crippen LogP contribution in [0.2, 0.25) is 0 Å². The Balaban J connectivity index is 1.50. The van der Waals surface area contributed by atoms with Gasteiger partial charge in [0, 0.05) is 31.1 Å². The van der Waals surface area contributed by atoms with E-state index in [9.17, 15) is 0 Å². The second kappa shape index (κ2) is 10.4. The molecule has 3 heterocycles. The fraction of sp³-hybridized carbons (Fsp3) is 0.308. The van der Waals surface area contributed by atoms with Gasteiger partial charge in [-0.3, -0.25) is 4.90 Å². The van der Waals surface area contributed by atoms with Crippen molar-refractivity contribution >= 4 is 21.6 Å². The second-order valence-corrected chi connectivity index (χ2v) is 8.88. The predicted octanol–water partition coefficient (Wildman–Crippen LogP) is 5.17. The molecule has 0 aliphatic carbocycles. The van der Waals surface area contributed by atoms with Crippen LogP contribution in [-0.4, -0.2) is 54.9 Å². The topological polar surface area (TPSA) is 56.7 Å². The van der Waals surface area contributed by atoms with Crippen LogP contribution >= 0.6 is 11.3 Å². The van der Waals surface area contributed by atoms with E-state index in [1.54, 1.807) is 18.4 Å². The van der Waals surface area contributed by atoms with E-state index >= 15 is 0 Å². The zero-order valence-corrected chi connectivity index (χ0v) is 19.5. The first-order chi connectivity index (χ1) is 16.3. The average molecular weight is 462 g/mol. The number of rotatable bonds is 8. The molecule has 0 bridgehead atoms. The van der Waals surface area contributed by atoms with Crippen LogP contribution in [0.4, 0.5) is 0 Å². The summed E-state index contributed by atoms with van der Waals surface area (Å²) in [6.07, 6.45) is 0.876. The van der Waals surface area contributed by atoms with E-state index in [-0.39, 0.29) is 0 Å². The van der Waals surface area contributed by atoms with Crippen LogP contribution in [0.25, 0.3) is 21.3 Å². The molecule has 1 aliphatic heterocycles. The Morgan fingerprint density at radius 2 is 1.79 bits per heavy atom. The molecule has 0 N–H and O–H groups in total. The van der Waals surface area contributed by atoms with Crippen LogP contribution < -0.4 is 4.74 Å². The van der Waals surface area contributed by atoms with E-state index in [4.69, 9.17) is 24.2 Å². The standard InChI is InChI=1S/C26H27N3O3S/c1-30-14-11-19-7-9-21(10-8-19)32-25-24-22(20-5-3-2-4-6-20)18-33-26(24)28-23(27-25)17-29-12-15-31-16-13-29/h2-10,18H,11-17H2,1H3. The van der Waals surface area contributed by atoms with E-state index in [0.717, 1.165) is 65.6 Å². The summed E-state index contributed by atoms with van der Waals surface area (Å²) in [6, 6.07) is 18.5. The zero-order valence-electron chi connectivity index (χ0n) is 18.7. The van der Waals surface area contributed by atoms with E-state index < -0.39 is 0 Å². The normalized spacial score (nSPS) is 14.6. The van der Waals surface area contributed by atoms with E-state index in [0.29, 0.717) is 19.0 Å². The first-order valence-electron chi connectivity index (χ1n) is 11.2. The van der Waals surface area contributed by atoms with Gasteiger partial charge in [-0.2, -0.15) is 4.98 Å². The molecule has 5 rings (SSSR count). The maximum atomic E-state index is 6.38. The number of methoxy groups -OCH3 is 1. The smallest absolute Gasteiger partial charge is 0.232 e. The number of thiophene rings is 1. The lowest BCUT2D eigenvalue weighted by atomic mass is 10.1. The molecule has 0 saturated carbocycles. The SMILES string of the molecule is COCCc1ccc(Oc2nc(CN3CCOCC3)nc3scc(-c4ccccc4)c23)cc1. The first kappa shape index (κ1) is 22.0. The summed E-state index contributed by atoms with van der Waals surface area (Å²) in [5.41, 5.74) is 3.44. The molecule has 6 nitrogen and oxygen atoms in total. The molecule has 1 fully saturated rings. The van der Waals surface area contributed by atoms with Crippen LogP contribution in [-0.2, 0) is 22.4 Å². The Morgan fingerprint density at radius 1 is 1.00 bits per heavy atom. The van der Waals surface area contributed by atoms with E-state index in [2.05, 4.69) is 34.5 Å². The van der Waals surface area contributed by atoms with Gasteiger partial charge in [-0.15, -0.1) is 11.3 Å². The lowest BCUT2D eigenvalue weighted by molar-refractivity contribution is 0.0330. The Hall–Kier alpha value is -2.84. The molecule has 0 spiro atoms. The minimum absolute atomic E-state index is 0.605. The van der Waals surface area contributed by atoms with Gasteiger partial charge < -0.3 is 14.2 Å². The molecule has 0 amide bonds. The minimum atomic E-state index is 0.605. The van der Waals surface area contributed by atoms with Crippen molar-refractivity contribution in [1.82, 2.24) is 14.9 Å². The summed E-state index contributed by atoms with van der Waals surface area (Å²) in [7, 11) is 1.72. The summed E-state index contributed by atoms with van der Waals surface area (Å²) in [5.74, 6) is 2.14. The van der Waals surface area contributed by atoms with E-state index in [1.165, 1.54) is 5.56 Å². The lowest BCUT2D eigenvalue weighted by Crippen LogP contribution is -2.36. The zero-order chi connectivity index (χ0) is 22.5. The average Bonchev–Trinajstić information content (AvgIpc) is 3.29. The van der Waals surface area contributed by atoms with Crippen LogP contribution in [0.15, 0.2) is 60.0 Å². The van der Waals surface area contributed by atoms with Gasteiger partial charge in [-0.25, -0.2) is 4.98 Å². The molecule has 170 valence electrons. The van der Waals surface area contributed by atoms with Gasteiger partial charge in [0.25, 0.3) is 0 Å². The number of fused-ring (bicyclic) bond motifs is 1. The molecule has 0 unspecified atom stereocenters. The predicted molar refractivity (Wildman–Crippen MR) is 131 cm³/mol. The summed E-state index contributed by atoms with van der Waals surface area (Å²) in [5, 5.41) is 3.11. The van der Waals surface area contributed by atoms with Gasteiger partial charge in [0.15, 0.2) is 0 Å². The van der Waals surface area contributed by atoms with Crippen molar-refractivity contribution in [3.8, 4) is 22.8 Å². The molecule has 4 aromatic rings. The minimum Gasteiger partial charge on any atom is -0.438 e. The van der Waals surface area contributed by atoms with Crippen molar-refractivity contribution in [3.63, 3.8) is 0 Å². The maximum absolute atomic E-state index is 6.38. The molecule has 2 aromatic carbocycles. The number of hydrogen-bond acceptors (Lipinski definition) is 7. The van der Waals surface area contributed by atoms with Crippen molar-refractivity contribution in [2.75, 3.05) is 40.0 Å². The molecule has 2 aromatic heterocycles. The number of ether oxygens (including phenoxy) is 3. The third-order valence-corrected chi connectivity index (χ3v) is 6.61. The summed E-state index contributed by atoms with van der Waals surface area (Å²) in [4.78, 5) is 13.1. The fourth-order valence-corrected chi connectivity index (χ4v) is 4.90. The van der Waals surface area contributed by atoms with Gasteiger partial charge in [0.05, 0.1) is 31.8 Å². The Morgan fingerprint density at radius 3 is 2.55 bits per heavy atom. The highest BCUT2D eigenvalue weighted by Crippen LogP contribution is 2.39. The molecule has 7 heteroatoms. The molecule has 0 atom stereocenters. The second-order valence-electron chi connectivity index (χ2n) is 8.02. The van der Waals surface area contributed by atoms with Gasteiger partial charge in [-0.05, 0) is 29.7 Å². The summed E-state index contributed by atoms with van der Waals surface area (Å²) in [6.45, 7) is 4.66. The van der Waals surface area contributed by atoms with Gasteiger partial charge >= 0.3 is 0 Å². The highest BCUT2D eigenvalue weighted by Gasteiger charge is 2.19. The summed E-state index contributed by atoms with van der Waals surface area (Å²) < 4.78 is 17.0. The Bertz CT molecular complexity index is 1190. The molecule has 33 heavy (non-hydrogen) atoms. The number of aromatic nitrogens is 2. The van der Waals surface area contributed by atoms with E-state index in [1.807, 2.05) is 30.3 Å². The lowest BCUT2D eigenvalue weighted by Gasteiger charge is -2.25. The highest BCUT2D eigenvalue weighted by molar-refractivity contribution is 7.17.